The molecule has 0 saturated carbocycles. The van der Waals surface area contributed by atoms with Gasteiger partial charge in [0.1, 0.15) is 0 Å². The molecular formula is C10H21ClO. The van der Waals surface area contributed by atoms with Gasteiger partial charge in [0.25, 0.3) is 0 Å². The summed E-state index contributed by atoms with van der Waals surface area (Å²) in [6.07, 6.45) is 4.93. The molecule has 12 heavy (non-hydrogen) atoms. The Morgan fingerprint density at radius 2 is 1.75 bits per heavy atom. The normalized spacial score (nSPS) is 13.8. The number of unbranched alkanes of at least 4 members (excludes halogenated alkanes) is 1. The van der Waals surface area contributed by atoms with Gasteiger partial charge in [0, 0.05) is 7.11 Å². The predicted octanol–water partition coefficient (Wildman–Crippen LogP) is 3.46. The highest BCUT2D eigenvalue weighted by Gasteiger charge is 2.03. The first-order valence-electron chi connectivity index (χ1n) is 4.79. The topological polar surface area (TPSA) is 9.23 Å². The number of methoxy groups -OCH3 is 1. The van der Waals surface area contributed by atoms with E-state index in [4.69, 9.17) is 16.3 Å². The predicted molar refractivity (Wildman–Crippen MR) is 54.8 cm³/mol. The quantitative estimate of drug-likeness (QED) is 0.444. The summed E-state index contributed by atoms with van der Waals surface area (Å²) in [6, 6.07) is 0. The van der Waals surface area contributed by atoms with Gasteiger partial charge >= 0.3 is 0 Å². The van der Waals surface area contributed by atoms with Gasteiger partial charge in [0.15, 0.2) is 0 Å². The van der Waals surface area contributed by atoms with Crippen molar-refractivity contribution in [3.8, 4) is 0 Å². The minimum atomic E-state index is 0.210. The van der Waals surface area contributed by atoms with Crippen LogP contribution in [0.4, 0.5) is 0 Å². The van der Waals surface area contributed by atoms with Crippen LogP contribution < -0.4 is 0 Å². The fraction of sp³-hybridized carbons (Fsp3) is 1.00. The number of hydrogen-bond acceptors (Lipinski definition) is 1. The van der Waals surface area contributed by atoms with Crippen LogP contribution in [0.1, 0.15) is 39.5 Å². The highest BCUT2D eigenvalue weighted by atomic mass is 35.5. The van der Waals surface area contributed by atoms with Crippen molar-refractivity contribution in [1.82, 2.24) is 0 Å². The summed E-state index contributed by atoms with van der Waals surface area (Å²) < 4.78 is 4.95. The molecule has 1 unspecified atom stereocenters. The zero-order chi connectivity index (χ0) is 9.40. The SMILES string of the molecule is COCC(Cl)CCCCC(C)C. The van der Waals surface area contributed by atoms with Crippen molar-refractivity contribution in [1.29, 1.82) is 0 Å². The molecule has 0 aliphatic rings. The Balaban J connectivity index is 3.08. The molecule has 2 heteroatoms. The molecule has 0 aromatic carbocycles. The highest BCUT2D eigenvalue weighted by Crippen LogP contribution is 2.12. The van der Waals surface area contributed by atoms with Gasteiger partial charge < -0.3 is 4.74 Å². The van der Waals surface area contributed by atoms with Crippen LogP contribution in [0.15, 0.2) is 0 Å². The number of ether oxygens (including phenoxy) is 1. The van der Waals surface area contributed by atoms with Crippen molar-refractivity contribution < 1.29 is 4.74 Å². The molecule has 0 N–H and O–H groups in total. The Bertz CT molecular complexity index is 93.8. The summed E-state index contributed by atoms with van der Waals surface area (Å²) in [5, 5.41) is 0.210. The van der Waals surface area contributed by atoms with E-state index in [1.54, 1.807) is 7.11 Å². The van der Waals surface area contributed by atoms with E-state index in [0.29, 0.717) is 6.61 Å². The highest BCUT2D eigenvalue weighted by molar-refractivity contribution is 6.20. The molecule has 0 aliphatic carbocycles. The van der Waals surface area contributed by atoms with Gasteiger partial charge in [0.05, 0.1) is 12.0 Å². The van der Waals surface area contributed by atoms with Gasteiger partial charge in [-0.15, -0.1) is 11.6 Å². The van der Waals surface area contributed by atoms with Crippen molar-refractivity contribution >= 4 is 11.6 Å². The largest absolute Gasteiger partial charge is 0.383 e. The van der Waals surface area contributed by atoms with E-state index in [9.17, 15) is 0 Å². The zero-order valence-corrected chi connectivity index (χ0v) is 9.23. The lowest BCUT2D eigenvalue weighted by Crippen LogP contribution is -2.06. The zero-order valence-electron chi connectivity index (χ0n) is 8.48. The second-order valence-electron chi connectivity index (χ2n) is 3.73. The van der Waals surface area contributed by atoms with Gasteiger partial charge in [0.2, 0.25) is 0 Å². The summed E-state index contributed by atoms with van der Waals surface area (Å²) in [6.45, 7) is 5.20. The lowest BCUT2D eigenvalue weighted by atomic mass is 10.0. The molecule has 0 radical (unpaired) electrons. The van der Waals surface area contributed by atoms with Crippen LogP contribution >= 0.6 is 11.6 Å². The summed E-state index contributed by atoms with van der Waals surface area (Å²) in [5.74, 6) is 0.821. The smallest absolute Gasteiger partial charge is 0.0626 e. The molecule has 0 spiro atoms. The van der Waals surface area contributed by atoms with Crippen molar-refractivity contribution in [2.24, 2.45) is 5.92 Å². The molecule has 1 atom stereocenters. The average Bonchev–Trinajstić information content (AvgIpc) is 1.98. The second kappa shape index (κ2) is 7.88. The van der Waals surface area contributed by atoms with E-state index in [0.717, 1.165) is 12.3 Å². The number of rotatable bonds is 7. The van der Waals surface area contributed by atoms with Crippen LogP contribution in [0.25, 0.3) is 0 Å². The molecule has 0 amide bonds. The van der Waals surface area contributed by atoms with Gasteiger partial charge in [-0.25, -0.2) is 0 Å². The van der Waals surface area contributed by atoms with Crippen molar-refractivity contribution in [3.63, 3.8) is 0 Å². The lowest BCUT2D eigenvalue weighted by molar-refractivity contribution is 0.194. The summed E-state index contributed by atoms with van der Waals surface area (Å²) in [7, 11) is 1.70. The van der Waals surface area contributed by atoms with Crippen LogP contribution in [-0.4, -0.2) is 19.1 Å². The summed E-state index contributed by atoms with van der Waals surface area (Å²) in [4.78, 5) is 0. The summed E-state index contributed by atoms with van der Waals surface area (Å²) in [5.41, 5.74) is 0. The lowest BCUT2D eigenvalue weighted by Gasteiger charge is -2.08. The monoisotopic (exact) mass is 192 g/mol. The molecule has 1 nitrogen and oxygen atoms in total. The third-order valence-corrected chi connectivity index (χ3v) is 2.24. The van der Waals surface area contributed by atoms with Crippen LogP contribution in [-0.2, 0) is 4.74 Å². The third kappa shape index (κ3) is 8.35. The number of hydrogen-bond donors (Lipinski definition) is 0. The molecule has 0 bridgehead atoms. The minimum absolute atomic E-state index is 0.210. The molecule has 0 rings (SSSR count). The van der Waals surface area contributed by atoms with Gasteiger partial charge in [-0.2, -0.15) is 0 Å². The molecule has 74 valence electrons. The maximum Gasteiger partial charge on any atom is 0.0626 e. The Kier molecular flexibility index (Phi) is 8.04. The van der Waals surface area contributed by atoms with E-state index in [-0.39, 0.29) is 5.38 Å². The van der Waals surface area contributed by atoms with Gasteiger partial charge in [-0.05, 0) is 12.3 Å². The van der Waals surface area contributed by atoms with Crippen LogP contribution in [0, 0.1) is 5.92 Å². The Hall–Kier alpha value is 0.250. The first kappa shape index (κ1) is 12.2. The fourth-order valence-electron chi connectivity index (χ4n) is 1.18. The van der Waals surface area contributed by atoms with E-state index < -0.39 is 0 Å². The van der Waals surface area contributed by atoms with E-state index in [1.165, 1.54) is 19.3 Å². The van der Waals surface area contributed by atoms with Crippen molar-refractivity contribution in [3.05, 3.63) is 0 Å². The maximum absolute atomic E-state index is 5.97. The average molecular weight is 193 g/mol. The van der Waals surface area contributed by atoms with Gasteiger partial charge in [-0.1, -0.05) is 33.1 Å². The second-order valence-corrected chi connectivity index (χ2v) is 4.35. The van der Waals surface area contributed by atoms with Crippen LogP contribution in [0.5, 0.6) is 0 Å². The molecule has 0 aliphatic heterocycles. The Morgan fingerprint density at radius 3 is 2.25 bits per heavy atom. The molecule has 0 aromatic heterocycles. The van der Waals surface area contributed by atoms with E-state index >= 15 is 0 Å². The van der Waals surface area contributed by atoms with Crippen LogP contribution in [0.3, 0.4) is 0 Å². The Labute approximate surface area is 81.4 Å². The first-order valence-corrected chi connectivity index (χ1v) is 5.23. The van der Waals surface area contributed by atoms with E-state index in [1.807, 2.05) is 0 Å². The molecule has 0 heterocycles. The fourth-order valence-corrected chi connectivity index (χ4v) is 1.46. The standard InChI is InChI=1S/C10H21ClO/c1-9(2)6-4-5-7-10(11)8-12-3/h9-10H,4-8H2,1-3H3. The third-order valence-electron chi connectivity index (χ3n) is 1.90. The van der Waals surface area contributed by atoms with Gasteiger partial charge in [-0.3, -0.25) is 0 Å². The summed E-state index contributed by atoms with van der Waals surface area (Å²) >= 11 is 5.97. The molecule has 0 saturated heterocycles. The van der Waals surface area contributed by atoms with Crippen molar-refractivity contribution in [2.45, 2.75) is 44.9 Å². The molecular weight excluding hydrogens is 172 g/mol. The molecule has 0 aromatic rings. The minimum Gasteiger partial charge on any atom is -0.383 e. The van der Waals surface area contributed by atoms with Crippen molar-refractivity contribution in [2.75, 3.05) is 13.7 Å². The van der Waals surface area contributed by atoms with E-state index in [2.05, 4.69) is 13.8 Å². The number of alkyl halides is 1. The molecule has 0 fully saturated rings. The number of halogens is 1. The Morgan fingerprint density at radius 1 is 1.17 bits per heavy atom. The first-order chi connectivity index (χ1) is 5.66. The maximum atomic E-state index is 5.97. The van der Waals surface area contributed by atoms with Crippen LogP contribution in [0.2, 0.25) is 0 Å².